The first-order valence-corrected chi connectivity index (χ1v) is 9.09. The highest BCUT2D eigenvalue weighted by Crippen LogP contribution is 2.25. The zero-order valence-corrected chi connectivity index (χ0v) is 15.6. The number of rotatable bonds is 8. The van der Waals surface area contributed by atoms with E-state index in [1.54, 1.807) is 31.4 Å². The summed E-state index contributed by atoms with van der Waals surface area (Å²) in [6.07, 6.45) is 0.878. The number of hydrogen-bond donors (Lipinski definition) is 1. The zero-order valence-electron chi connectivity index (χ0n) is 15.6. The number of nitrogens with one attached hydrogen (secondary N) is 1. The normalized spacial score (nSPS) is 16.7. The van der Waals surface area contributed by atoms with Gasteiger partial charge in [0.15, 0.2) is 0 Å². The van der Waals surface area contributed by atoms with Crippen LogP contribution in [0.2, 0.25) is 0 Å². The van der Waals surface area contributed by atoms with Crippen LogP contribution in [0.4, 0.5) is 5.69 Å². The number of imide groups is 1. The van der Waals surface area contributed by atoms with Gasteiger partial charge >= 0.3 is 0 Å². The van der Waals surface area contributed by atoms with E-state index in [0.717, 1.165) is 11.3 Å². The summed E-state index contributed by atoms with van der Waals surface area (Å²) < 4.78 is 10.7. The third-order valence-electron chi connectivity index (χ3n) is 4.53. The summed E-state index contributed by atoms with van der Waals surface area (Å²) >= 11 is 0. The first-order valence-electron chi connectivity index (χ1n) is 9.09. The molecule has 6 heteroatoms. The number of benzene rings is 2. The lowest BCUT2D eigenvalue weighted by Crippen LogP contribution is -2.39. The SMILES string of the molecule is CCOc1ccc(N2C(=O)CC(NCCc3ccccc3OC)C2=O)cc1. The van der Waals surface area contributed by atoms with Crippen molar-refractivity contribution in [2.75, 3.05) is 25.2 Å². The predicted molar refractivity (Wildman–Crippen MR) is 103 cm³/mol. The minimum atomic E-state index is -0.501. The fraction of sp³-hybridized carbons (Fsp3) is 0.333. The molecule has 0 bridgehead atoms. The molecule has 2 amide bonds. The second kappa shape index (κ2) is 8.68. The number of carbonyl (C=O) groups is 2. The zero-order chi connectivity index (χ0) is 19.2. The smallest absolute Gasteiger partial charge is 0.251 e. The van der Waals surface area contributed by atoms with E-state index >= 15 is 0 Å². The van der Waals surface area contributed by atoms with Gasteiger partial charge in [-0.05, 0) is 49.2 Å². The van der Waals surface area contributed by atoms with Crippen molar-refractivity contribution in [2.45, 2.75) is 25.8 Å². The van der Waals surface area contributed by atoms with Crippen molar-refractivity contribution in [2.24, 2.45) is 0 Å². The standard InChI is InChI=1S/C21H24N2O4/c1-3-27-17-10-8-16(9-11-17)23-20(24)14-18(21(23)25)22-13-12-15-6-4-5-7-19(15)26-2/h4-11,18,22H,3,12-14H2,1-2H3. The van der Waals surface area contributed by atoms with Crippen LogP contribution in [0.25, 0.3) is 0 Å². The van der Waals surface area contributed by atoms with E-state index in [2.05, 4.69) is 5.32 Å². The maximum atomic E-state index is 12.7. The second-order valence-electron chi connectivity index (χ2n) is 6.27. The Balaban J connectivity index is 1.60. The summed E-state index contributed by atoms with van der Waals surface area (Å²) in [4.78, 5) is 26.3. The van der Waals surface area contributed by atoms with E-state index in [9.17, 15) is 9.59 Å². The summed E-state index contributed by atoms with van der Waals surface area (Å²) in [6, 6.07) is 14.3. The number of anilines is 1. The topological polar surface area (TPSA) is 67.9 Å². The van der Waals surface area contributed by atoms with Crippen LogP contribution in [-0.4, -0.2) is 38.1 Å². The van der Waals surface area contributed by atoms with Crippen LogP contribution in [0.5, 0.6) is 11.5 Å². The molecule has 1 heterocycles. The van der Waals surface area contributed by atoms with Crippen LogP contribution in [0.1, 0.15) is 18.9 Å². The van der Waals surface area contributed by atoms with Crippen LogP contribution < -0.4 is 19.7 Å². The number of amides is 2. The summed E-state index contributed by atoms with van der Waals surface area (Å²) in [6.45, 7) is 3.06. The van der Waals surface area contributed by atoms with E-state index in [0.29, 0.717) is 31.0 Å². The Morgan fingerprint density at radius 1 is 1.11 bits per heavy atom. The molecule has 1 aliphatic heterocycles. The minimum absolute atomic E-state index is 0.165. The second-order valence-corrected chi connectivity index (χ2v) is 6.27. The van der Waals surface area contributed by atoms with Crippen molar-refractivity contribution in [1.29, 1.82) is 0 Å². The third-order valence-corrected chi connectivity index (χ3v) is 4.53. The molecular formula is C21H24N2O4. The van der Waals surface area contributed by atoms with Crippen molar-refractivity contribution in [3.05, 3.63) is 54.1 Å². The van der Waals surface area contributed by atoms with Crippen molar-refractivity contribution >= 4 is 17.5 Å². The third kappa shape index (κ3) is 4.28. The highest BCUT2D eigenvalue weighted by molar-refractivity contribution is 6.22. The van der Waals surface area contributed by atoms with Gasteiger partial charge in [0.1, 0.15) is 11.5 Å². The van der Waals surface area contributed by atoms with E-state index < -0.39 is 6.04 Å². The van der Waals surface area contributed by atoms with Gasteiger partial charge < -0.3 is 14.8 Å². The Morgan fingerprint density at radius 2 is 1.85 bits per heavy atom. The Morgan fingerprint density at radius 3 is 2.56 bits per heavy atom. The molecule has 1 N–H and O–H groups in total. The van der Waals surface area contributed by atoms with Gasteiger partial charge in [-0.3, -0.25) is 9.59 Å². The highest BCUT2D eigenvalue weighted by Gasteiger charge is 2.39. The molecule has 0 aliphatic carbocycles. The molecule has 27 heavy (non-hydrogen) atoms. The van der Waals surface area contributed by atoms with Crippen molar-refractivity contribution in [3.8, 4) is 11.5 Å². The van der Waals surface area contributed by atoms with Gasteiger partial charge in [0.25, 0.3) is 5.91 Å². The molecule has 1 saturated heterocycles. The molecular weight excluding hydrogens is 344 g/mol. The van der Waals surface area contributed by atoms with Crippen molar-refractivity contribution in [3.63, 3.8) is 0 Å². The lowest BCUT2D eigenvalue weighted by molar-refractivity contribution is -0.121. The Labute approximate surface area is 159 Å². The van der Waals surface area contributed by atoms with Gasteiger partial charge in [-0.2, -0.15) is 0 Å². The predicted octanol–water partition coefficient (Wildman–Crippen LogP) is 2.56. The van der Waals surface area contributed by atoms with Crippen LogP contribution in [-0.2, 0) is 16.0 Å². The molecule has 0 spiro atoms. The van der Waals surface area contributed by atoms with Crippen LogP contribution in [0, 0.1) is 0 Å². The molecule has 3 rings (SSSR count). The summed E-state index contributed by atoms with van der Waals surface area (Å²) in [5.41, 5.74) is 1.63. The molecule has 6 nitrogen and oxygen atoms in total. The monoisotopic (exact) mass is 368 g/mol. The first-order chi connectivity index (χ1) is 13.1. The number of para-hydroxylation sites is 1. The number of carbonyl (C=O) groups excluding carboxylic acids is 2. The Kier molecular flexibility index (Phi) is 6.08. The van der Waals surface area contributed by atoms with E-state index in [1.165, 1.54) is 4.90 Å². The molecule has 2 aromatic carbocycles. The van der Waals surface area contributed by atoms with Crippen LogP contribution >= 0.6 is 0 Å². The van der Waals surface area contributed by atoms with Gasteiger partial charge in [-0.25, -0.2) is 4.90 Å². The molecule has 1 atom stereocenters. The minimum Gasteiger partial charge on any atom is -0.496 e. The van der Waals surface area contributed by atoms with Crippen LogP contribution in [0.15, 0.2) is 48.5 Å². The highest BCUT2D eigenvalue weighted by atomic mass is 16.5. The van der Waals surface area contributed by atoms with E-state index in [-0.39, 0.29) is 18.2 Å². The number of methoxy groups -OCH3 is 1. The van der Waals surface area contributed by atoms with Crippen molar-refractivity contribution in [1.82, 2.24) is 5.32 Å². The quantitative estimate of drug-likeness (QED) is 0.726. The number of nitrogens with zero attached hydrogens (tertiary/aromatic N) is 1. The lowest BCUT2D eigenvalue weighted by atomic mass is 10.1. The fourth-order valence-electron chi connectivity index (χ4n) is 3.21. The molecule has 0 saturated carbocycles. The Bertz CT molecular complexity index is 804. The first kappa shape index (κ1) is 18.9. The maximum absolute atomic E-state index is 12.7. The molecule has 1 unspecified atom stereocenters. The number of hydrogen-bond acceptors (Lipinski definition) is 5. The molecule has 1 fully saturated rings. The fourth-order valence-corrected chi connectivity index (χ4v) is 3.21. The van der Waals surface area contributed by atoms with Gasteiger partial charge in [-0.1, -0.05) is 18.2 Å². The lowest BCUT2D eigenvalue weighted by Gasteiger charge is -2.16. The van der Waals surface area contributed by atoms with Crippen molar-refractivity contribution < 1.29 is 19.1 Å². The molecule has 0 radical (unpaired) electrons. The average molecular weight is 368 g/mol. The van der Waals surface area contributed by atoms with Crippen LogP contribution in [0.3, 0.4) is 0 Å². The summed E-state index contributed by atoms with van der Waals surface area (Å²) in [7, 11) is 1.64. The van der Waals surface area contributed by atoms with E-state index in [1.807, 2.05) is 31.2 Å². The van der Waals surface area contributed by atoms with E-state index in [4.69, 9.17) is 9.47 Å². The summed E-state index contributed by atoms with van der Waals surface area (Å²) in [5.74, 6) is 1.12. The molecule has 1 aliphatic rings. The van der Waals surface area contributed by atoms with Gasteiger partial charge in [-0.15, -0.1) is 0 Å². The Hall–Kier alpha value is -2.86. The number of ether oxygens (including phenoxy) is 2. The van der Waals surface area contributed by atoms with Gasteiger partial charge in [0.05, 0.1) is 31.9 Å². The summed E-state index contributed by atoms with van der Waals surface area (Å²) in [5, 5.41) is 3.20. The molecule has 0 aromatic heterocycles. The molecule has 2 aromatic rings. The molecule has 142 valence electrons. The largest absolute Gasteiger partial charge is 0.496 e. The van der Waals surface area contributed by atoms with Gasteiger partial charge in [0, 0.05) is 6.54 Å². The van der Waals surface area contributed by atoms with Gasteiger partial charge in [0.2, 0.25) is 5.91 Å². The average Bonchev–Trinajstić information content (AvgIpc) is 2.97. The maximum Gasteiger partial charge on any atom is 0.251 e.